The molecule has 88 valence electrons. The van der Waals surface area contributed by atoms with E-state index >= 15 is 0 Å². The molecule has 2 rings (SSSR count). The van der Waals surface area contributed by atoms with Crippen molar-refractivity contribution < 1.29 is 9.53 Å². The number of amides is 1. The van der Waals surface area contributed by atoms with Crippen LogP contribution in [0, 0.1) is 0 Å². The molecule has 0 aliphatic carbocycles. The molecule has 1 N–H and O–H groups in total. The Morgan fingerprint density at radius 2 is 2.31 bits per heavy atom. The summed E-state index contributed by atoms with van der Waals surface area (Å²) >= 11 is 1.59. The Morgan fingerprint density at radius 3 is 2.81 bits per heavy atom. The molecule has 1 aliphatic rings. The molecule has 0 aromatic carbocycles. The third-order valence-corrected chi connectivity index (χ3v) is 3.90. The Balaban J connectivity index is 2.28. The van der Waals surface area contributed by atoms with Gasteiger partial charge in [-0.15, -0.1) is 0 Å². The van der Waals surface area contributed by atoms with Crippen molar-refractivity contribution in [3.63, 3.8) is 0 Å². The van der Waals surface area contributed by atoms with E-state index in [2.05, 4.69) is 10.3 Å². The van der Waals surface area contributed by atoms with Crippen molar-refractivity contribution in [2.75, 3.05) is 32.6 Å². The quantitative estimate of drug-likeness (QED) is 0.851. The number of hydrogen-bond donors (Lipinski definition) is 1. The van der Waals surface area contributed by atoms with Crippen LogP contribution in [0.5, 0.6) is 5.88 Å². The van der Waals surface area contributed by atoms with Gasteiger partial charge in [0.1, 0.15) is 0 Å². The van der Waals surface area contributed by atoms with Crippen LogP contribution in [0.3, 0.4) is 0 Å². The van der Waals surface area contributed by atoms with Gasteiger partial charge in [0.2, 0.25) is 11.8 Å². The minimum atomic E-state index is 0.104. The molecule has 0 bridgehead atoms. The lowest BCUT2D eigenvalue weighted by molar-refractivity contribution is -0.119. The summed E-state index contributed by atoms with van der Waals surface area (Å²) < 4.78 is 5.26. The maximum Gasteiger partial charge on any atom is 0.229 e. The number of rotatable bonds is 3. The second kappa shape index (κ2) is 4.29. The molecule has 0 radical (unpaired) electrons. The van der Waals surface area contributed by atoms with E-state index in [0.717, 1.165) is 10.0 Å². The van der Waals surface area contributed by atoms with Crippen LogP contribution in [0.2, 0.25) is 0 Å². The summed E-state index contributed by atoms with van der Waals surface area (Å²) in [5, 5.41) is 3.74. The minimum absolute atomic E-state index is 0.104. The summed E-state index contributed by atoms with van der Waals surface area (Å²) in [6.07, 6.45) is 0.533. The van der Waals surface area contributed by atoms with Crippen molar-refractivity contribution in [1.29, 1.82) is 0 Å². The van der Waals surface area contributed by atoms with Crippen LogP contribution < -0.4 is 15.0 Å². The second-order valence-corrected chi connectivity index (χ2v) is 4.98. The van der Waals surface area contributed by atoms with Gasteiger partial charge in [0, 0.05) is 33.0 Å². The van der Waals surface area contributed by atoms with Gasteiger partial charge in [0.05, 0.1) is 12.0 Å². The first kappa shape index (κ1) is 11.2. The summed E-state index contributed by atoms with van der Waals surface area (Å²) in [5.41, 5.74) is 0. The lowest BCUT2D eigenvalue weighted by Gasteiger charge is -2.05. The summed E-state index contributed by atoms with van der Waals surface area (Å²) in [7, 11) is 5.50. The van der Waals surface area contributed by atoms with E-state index in [9.17, 15) is 4.79 Å². The molecule has 1 atom stereocenters. The van der Waals surface area contributed by atoms with E-state index in [1.807, 2.05) is 19.0 Å². The van der Waals surface area contributed by atoms with Gasteiger partial charge < -0.3 is 15.0 Å². The summed E-state index contributed by atoms with van der Waals surface area (Å²) in [6, 6.07) is 0. The molecule has 16 heavy (non-hydrogen) atoms. The molecule has 1 saturated heterocycles. The topological polar surface area (TPSA) is 54.5 Å². The Labute approximate surface area is 98.4 Å². The van der Waals surface area contributed by atoms with Crippen LogP contribution in [-0.2, 0) is 4.79 Å². The average Bonchev–Trinajstić information content (AvgIpc) is 2.82. The maximum atomic E-state index is 11.2. The zero-order chi connectivity index (χ0) is 11.7. The van der Waals surface area contributed by atoms with Crippen molar-refractivity contribution in [3.8, 4) is 5.88 Å². The smallest absolute Gasteiger partial charge is 0.229 e. The van der Waals surface area contributed by atoms with Gasteiger partial charge in [0.25, 0.3) is 0 Å². The van der Waals surface area contributed by atoms with Crippen LogP contribution in [-0.4, -0.2) is 38.6 Å². The molecule has 6 heteroatoms. The number of ether oxygens (including phenoxy) is 1. The monoisotopic (exact) mass is 241 g/mol. The largest absolute Gasteiger partial charge is 0.480 e. The number of thiazole rings is 1. The molecular formula is C10H15N3O2S. The van der Waals surface area contributed by atoms with E-state index in [-0.39, 0.29) is 11.8 Å². The fourth-order valence-electron chi connectivity index (χ4n) is 1.69. The average molecular weight is 241 g/mol. The van der Waals surface area contributed by atoms with Crippen molar-refractivity contribution in [2.45, 2.75) is 12.3 Å². The molecular weight excluding hydrogens is 226 g/mol. The van der Waals surface area contributed by atoms with Crippen LogP contribution in [0.15, 0.2) is 0 Å². The van der Waals surface area contributed by atoms with Gasteiger partial charge in [-0.1, -0.05) is 11.3 Å². The van der Waals surface area contributed by atoms with Gasteiger partial charge >= 0.3 is 0 Å². The number of methoxy groups -OCH3 is 1. The molecule has 1 amide bonds. The van der Waals surface area contributed by atoms with E-state index < -0.39 is 0 Å². The van der Waals surface area contributed by atoms with Gasteiger partial charge in [-0.2, -0.15) is 4.98 Å². The van der Waals surface area contributed by atoms with E-state index in [1.165, 1.54) is 0 Å². The molecule has 1 unspecified atom stereocenters. The Morgan fingerprint density at radius 1 is 1.56 bits per heavy atom. The Kier molecular flexibility index (Phi) is 3.00. The van der Waals surface area contributed by atoms with E-state index in [4.69, 9.17) is 4.74 Å². The lowest BCUT2D eigenvalue weighted by Crippen LogP contribution is -2.13. The van der Waals surface area contributed by atoms with Gasteiger partial charge in [0.15, 0.2) is 5.13 Å². The van der Waals surface area contributed by atoms with Gasteiger partial charge in [-0.25, -0.2) is 0 Å². The predicted octanol–water partition coefficient (Wildman–Crippen LogP) is 0.821. The van der Waals surface area contributed by atoms with Crippen molar-refractivity contribution in [2.24, 2.45) is 0 Å². The number of carbonyl (C=O) groups is 1. The first-order valence-electron chi connectivity index (χ1n) is 5.10. The third-order valence-electron chi connectivity index (χ3n) is 2.53. The highest BCUT2D eigenvalue weighted by atomic mass is 32.1. The number of anilines is 1. The molecule has 2 heterocycles. The number of aromatic nitrogens is 1. The molecule has 0 saturated carbocycles. The van der Waals surface area contributed by atoms with Crippen molar-refractivity contribution >= 4 is 22.4 Å². The zero-order valence-electron chi connectivity index (χ0n) is 9.61. The molecule has 1 aromatic rings. The zero-order valence-corrected chi connectivity index (χ0v) is 10.4. The molecule has 1 fully saturated rings. The molecule has 0 spiro atoms. The van der Waals surface area contributed by atoms with Crippen LogP contribution in [0.4, 0.5) is 5.13 Å². The standard InChI is InChI=1S/C10H15N3O2S/c1-13(2)10-12-9(15-3)8(16-10)6-4-7(14)11-5-6/h6H,4-5H2,1-3H3,(H,11,14). The highest BCUT2D eigenvalue weighted by Gasteiger charge is 2.28. The van der Waals surface area contributed by atoms with E-state index in [1.54, 1.807) is 18.4 Å². The number of nitrogens with zero attached hydrogens (tertiary/aromatic N) is 2. The van der Waals surface area contributed by atoms with E-state index in [0.29, 0.717) is 18.8 Å². The molecule has 1 aliphatic heterocycles. The number of hydrogen-bond acceptors (Lipinski definition) is 5. The van der Waals surface area contributed by atoms with Crippen LogP contribution in [0.25, 0.3) is 0 Å². The minimum Gasteiger partial charge on any atom is -0.480 e. The number of nitrogens with one attached hydrogen (secondary N) is 1. The summed E-state index contributed by atoms with van der Waals surface area (Å²) in [4.78, 5) is 18.6. The Hall–Kier alpha value is -1.30. The second-order valence-electron chi connectivity index (χ2n) is 3.97. The fourth-order valence-corrected chi connectivity index (χ4v) is 2.75. The Bertz CT molecular complexity index is 403. The first-order chi connectivity index (χ1) is 7.61. The van der Waals surface area contributed by atoms with Crippen LogP contribution in [0.1, 0.15) is 17.2 Å². The summed E-state index contributed by atoms with van der Waals surface area (Å²) in [5.74, 6) is 0.954. The molecule has 1 aromatic heterocycles. The van der Waals surface area contributed by atoms with Crippen LogP contribution >= 0.6 is 11.3 Å². The highest BCUT2D eigenvalue weighted by Crippen LogP contribution is 2.38. The third kappa shape index (κ3) is 1.97. The number of carbonyl (C=O) groups excluding carboxylic acids is 1. The van der Waals surface area contributed by atoms with Gasteiger partial charge in [-0.05, 0) is 0 Å². The normalized spacial score (nSPS) is 19.7. The highest BCUT2D eigenvalue weighted by molar-refractivity contribution is 7.16. The van der Waals surface area contributed by atoms with Crippen molar-refractivity contribution in [1.82, 2.24) is 10.3 Å². The van der Waals surface area contributed by atoms with Crippen molar-refractivity contribution in [3.05, 3.63) is 4.88 Å². The fraction of sp³-hybridized carbons (Fsp3) is 0.600. The summed E-state index contributed by atoms with van der Waals surface area (Å²) in [6.45, 7) is 0.685. The first-order valence-corrected chi connectivity index (χ1v) is 5.92. The maximum absolute atomic E-state index is 11.2. The van der Waals surface area contributed by atoms with Gasteiger partial charge in [-0.3, -0.25) is 4.79 Å². The predicted molar refractivity (Wildman–Crippen MR) is 63.4 cm³/mol. The molecule has 5 nitrogen and oxygen atoms in total. The lowest BCUT2D eigenvalue weighted by atomic mass is 10.1. The SMILES string of the molecule is COc1nc(N(C)C)sc1C1CNC(=O)C1.